The van der Waals surface area contributed by atoms with E-state index in [1.165, 1.54) is 37.3 Å². The Kier molecular flexibility index (Phi) is 6.95. The average molecular weight is 405 g/mol. The summed E-state index contributed by atoms with van der Waals surface area (Å²) in [5.74, 6) is -1.54. The van der Waals surface area contributed by atoms with Crippen molar-refractivity contribution in [2.24, 2.45) is 0 Å². The number of hydrogen-bond donors (Lipinski definition) is 2. The molecule has 0 saturated carbocycles. The second kappa shape index (κ2) is 8.98. The fourth-order valence-electron chi connectivity index (χ4n) is 2.13. The number of carbonyl (C=O) groups excluding carboxylic acids is 1. The molecule has 0 amide bonds. The number of ketones is 1. The number of hydrogen-bond acceptors (Lipinski definition) is 5. The molecule has 0 fully saturated rings. The van der Waals surface area contributed by atoms with Gasteiger partial charge in [-0.1, -0.05) is 18.2 Å². The summed E-state index contributed by atoms with van der Waals surface area (Å²) in [4.78, 5) is 24.0. The number of carboxylic acid groups (broad SMARTS) is 1. The van der Waals surface area contributed by atoms with Gasteiger partial charge < -0.3 is 5.11 Å². The number of aliphatic carboxylic acids is 1. The summed E-state index contributed by atoms with van der Waals surface area (Å²) in [5.41, 5.74) is 1.21. The first-order chi connectivity index (χ1) is 12.7. The molecule has 0 saturated heterocycles. The largest absolute Gasteiger partial charge is 0.480 e. The van der Waals surface area contributed by atoms with Crippen molar-refractivity contribution < 1.29 is 23.1 Å². The third-order valence-corrected chi connectivity index (χ3v) is 5.99. The van der Waals surface area contributed by atoms with Crippen molar-refractivity contribution in [1.29, 1.82) is 0 Å². The minimum atomic E-state index is -3.97. The lowest BCUT2D eigenvalue weighted by Gasteiger charge is -2.10. The zero-order valence-electron chi connectivity index (χ0n) is 14.7. The number of nitrogens with one attached hydrogen (secondary N) is 1. The van der Waals surface area contributed by atoms with Crippen molar-refractivity contribution in [3.05, 3.63) is 65.7 Å². The summed E-state index contributed by atoms with van der Waals surface area (Å²) in [5, 5.41) is 8.81. The third-order valence-electron chi connectivity index (χ3n) is 3.69. The van der Waals surface area contributed by atoms with Crippen LogP contribution in [-0.2, 0) is 14.8 Å². The van der Waals surface area contributed by atoms with Crippen LogP contribution in [0.5, 0.6) is 0 Å². The summed E-state index contributed by atoms with van der Waals surface area (Å²) in [7, 11) is -3.97. The molecular weight excluding hydrogens is 386 g/mol. The molecule has 0 bridgehead atoms. The topological polar surface area (TPSA) is 101 Å². The van der Waals surface area contributed by atoms with Gasteiger partial charge in [0.15, 0.2) is 5.78 Å². The number of allylic oxidation sites excluding steroid dienone is 1. The fourth-order valence-corrected chi connectivity index (χ4v) is 3.74. The highest BCUT2D eigenvalue weighted by atomic mass is 32.2. The molecule has 0 heterocycles. The van der Waals surface area contributed by atoms with Crippen LogP contribution in [0.1, 0.15) is 22.8 Å². The number of benzene rings is 2. The molecule has 2 aromatic rings. The van der Waals surface area contributed by atoms with E-state index >= 15 is 0 Å². The lowest BCUT2D eigenvalue weighted by molar-refractivity contribution is -0.138. The molecule has 0 aliphatic rings. The molecule has 6 nitrogen and oxygen atoms in total. The number of carbonyl (C=O) groups is 2. The van der Waals surface area contributed by atoms with Gasteiger partial charge >= 0.3 is 5.97 Å². The molecule has 8 heteroatoms. The molecule has 0 aromatic heterocycles. The number of thioether (sulfide) groups is 1. The van der Waals surface area contributed by atoms with Gasteiger partial charge in [0.25, 0.3) is 0 Å². The van der Waals surface area contributed by atoms with Crippen LogP contribution in [0.25, 0.3) is 6.08 Å². The summed E-state index contributed by atoms with van der Waals surface area (Å²) in [6, 6.07) is 11.8. The standard InChI is InChI=1S/C19H19NO5S2/c1-13(19(22)23)20-27(24,25)17-10-6-15(7-11-17)18(21)12-5-14-3-8-16(26-2)9-4-14/h3-13,20H,1-2H3,(H,22,23)/b12-5+/t13-/m0/s1. The molecule has 1 atom stereocenters. The van der Waals surface area contributed by atoms with Crippen LogP contribution in [0.3, 0.4) is 0 Å². The predicted molar refractivity (Wildman–Crippen MR) is 105 cm³/mol. The van der Waals surface area contributed by atoms with Gasteiger partial charge in [0.05, 0.1) is 4.90 Å². The minimum absolute atomic E-state index is 0.108. The van der Waals surface area contributed by atoms with E-state index in [0.717, 1.165) is 10.5 Å². The molecule has 2 N–H and O–H groups in total. The van der Waals surface area contributed by atoms with Crippen LogP contribution in [-0.4, -0.2) is 37.6 Å². The molecular formula is C19H19NO5S2. The van der Waals surface area contributed by atoms with Crippen molar-refractivity contribution in [1.82, 2.24) is 4.72 Å². The van der Waals surface area contributed by atoms with E-state index in [9.17, 15) is 18.0 Å². The Labute approximate surface area is 162 Å². The van der Waals surface area contributed by atoms with E-state index in [1.54, 1.807) is 17.8 Å². The van der Waals surface area contributed by atoms with Gasteiger partial charge in [-0.15, -0.1) is 11.8 Å². The van der Waals surface area contributed by atoms with E-state index in [2.05, 4.69) is 0 Å². The van der Waals surface area contributed by atoms with Crippen LogP contribution in [0.4, 0.5) is 0 Å². The maximum Gasteiger partial charge on any atom is 0.321 e. The Hall–Kier alpha value is -2.42. The summed E-state index contributed by atoms with van der Waals surface area (Å²) in [6.07, 6.45) is 5.09. The smallest absolute Gasteiger partial charge is 0.321 e. The van der Waals surface area contributed by atoms with Gasteiger partial charge in [-0.25, -0.2) is 8.42 Å². The van der Waals surface area contributed by atoms with E-state index in [0.29, 0.717) is 5.56 Å². The summed E-state index contributed by atoms with van der Waals surface area (Å²) >= 11 is 1.63. The quantitative estimate of drug-likeness (QED) is 0.398. The first kappa shape index (κ1) is 20.9. The monoisotopic (exact) mass is 405 g/mol. The van der Waals surface area contributed by atoms with Crippen LogP contribution in [0.15, 0.2) is 64.4 Å². The molecule has 27 heavy (non-hydrogen) atoms. The Morgan fingerprint density at radius 3 is 2.19 bits per heavy atom. The Morgan fingerprint density at radius 1 is 1.07 bits per heavy atom. The fraction of sp³-hybridized carbons (Fsp3) is 0.158. The first-order valence-electron chi connectivity index (χ1n) is 7.94. The first-order valence-corrected chi connectivity index (χ1v) is 10.7. The van der Waals surface area contributed by atoms with Crippen LogP contribution < -0.4 is 4.72 Å². The highest BCUT2D eigenvalue weighted by molar-refractivity contribution is 7.98. The van der Waals surface area contributed by atoms with Crippen LogP contribution in [0, 0.1) is 0 Å². The van der Waals surface area contributed by atoms with Gasteiger partial charge in [-0.3, -0.25) is 9.59 Å². The van der Waals surface area contributed by atoms with E-state index in [-0.39, 0.29) is 10.7 Å². The summed E-state index contributed by atoms with van der Waals surface area (Å²) < 4.78 is 26.3. The molecule has 0 spiro atoms. The maximum atomic E-state index is 12.2. The lowest BCUT2D eigenvalue weighted by atomic mass is 10.1. The Balaban J connectivity index is 2.10. The van der Waals surface area contributed by atoms with Crippen molar-refractivity contribution in [2.45, 2.75) is 22.8 Å². The maximum absolute atomic E-state index is 12.2. The van der Waals surface area contributed by atoms with E-state index in [4.69, 9.17) is 5.11 Å². The highest BCUT2D eigenvalue weighted by Crippen LogP contribution is 2.16. The molecule has 0 radical (unpaired) electrons. The molecule has 142 valence electrons. The summed E-state index contributed by atoms with van der Waals surface area (Å²) in [6.45, 7) is 1.23. The van der Waals surface area contributed by atoms with Crippen molar-refractivity contribution in [2.75, 3.05) is 6.26 Å². The van der Waals surface area contributed by atoms with Crippen molar-refractivity contribution in [3.63, 3.8) is 0 Å². The third kappa shape index (κ3) is 5.78. The van der Waals surface area contributed by atoms with Gasteiger partial charge in [0.2, 0.25) is 10.0 Å². The lowest BCUT2D eigenvalue weighted by Crippen LogP contribution is -2.38. The van der Waals surface area contributed by atoms with Gasteiger partial charge in [-0.05, 0) is 61.2 Å². The average Bonchev–Trinajstić information content (AvgIpc) is 2.66. The molecule has 0 aliphatic heterocycles. The van der Waals surface area contributed by atoms with Gasteiger partial charge in [-0.2, -0.15) is 4.72 Å². The SMILES string of the molecule is CSc1ccc(/C=C/C(=O)c2ccc(S(=O)(=O)N[C@@H](C)C(=O)O)cc2)cc1. The molecule has 0 unspecified atom stereocenters. The second-order valence-electron chi connectivity index (χ2n) is 5.68. The normalized spacial score (nSPS) is 12.8. The van der Waals surface area contributed by atoms with Gasteiger partial charge in [0, 0.05) is 10.5 Å². The Bertz CT molecular complexity index is 949. The van der Waals surface area contributed by atoms with Gasteiger partial charge in [0.1, 0.15) is 6.04 Å². The molecule has 0 aliphatic carbocycles. The number of carboxylic acids is 1. The minimum Gasteiger partial charge on any atom is -0.480 e. The van der Waals surface area contributed by atoms with Crippen molar-refractivity contribution in [3.8, 4) is 0 Å². The van der Waals surface area contributed by atoms with Crippen LogP contribution in [0.2, 0.25) is 0 Å². The molecule has 2 rings (SSSR count). The van der Waals surface area contributed by atoms with Crippen molar-refractivity contribution >= 4 is 39.6 Å². The highest BCUT2D eigenvalue weighted by Gasteiger charge is 2.21. The number of rotatable bonds is 8. The zero-order chi connectivity index (χ0) is 20.0. The second-order valence-corrected chi connectivity index (χ2v) is 8.27. The van der Waals surface area contributed by atoms with Crippen LogP contribution >= 0.6 is 11.8 Å². The van der Waals surface area contributed by atoms with E-state index in [1.807, 2.05) is 35.2 Å². The molecule has 2 aromatic carbocycles. The Morgan fingerprint density at radius 2 is 1.67 bits per heavy atom. The van der Waals surface area contributed by atoms with E-state index < -0.39 is 22.0 Å². The number of sulfonamides is 1. The zero-order valence-corrected chi connectivity index (χ0v) is 16.4. The predicted octanol–water partition coefficient (Wildman–Crippen LogP) is 3.06.